The van der Waals surface area contributed by atoms with Gasteiger partial charge in [0.25, 0.3) is 0 Å². The lowest BCUT2D eigenvalue weighted by molar-refractivity contribution is -0.121. The third kappa shape index (κ3) is 3.99. The highest BCUT2D eigenvalue weighted by atomic mass is 35.5. The van der Waals surface area contributed by atoms with Gasteiger partial charge in [0.2, 0.25) is 11.8 Å². The molecule has 168 valence electrons. The number of urea groups is 1. The number of halogens is 1. The quantitative estimate of drug-likeness (QED) is 0.664. The van der Waals surface area contributed by atoms with Gasteiger partial charge in [0.15, 0.2) is 0 Å². The van der Waals surface area contributed by atoms with Crippen LogP contribution in [0.15, 0.2) is 42.5 Å². The summed E-state index contributed by atoms with van der Waals surface area (Å²) in [7, 11) is 0. The third-order valence-corrected chi connectivity index (χ3v) is 6.74. The molecule has 0 bridgehead atoms. The molecule has 0 atom stereocenters. The predicted octanol–water partition coefficient (Wildman–Crippen LogP) is 5.53. The number of hydrogen-bond acceptors (Lipinski definition) is 3. The van der Waals surface area contributed by atoms with Crippen molar-refractivity contribution in [3.8, 4) is 11.1 Å². The van der Waals surface area contributed by atoms with Gasteiger partial charge >= 0.3 is 6.03 Å². The van der Waals surface area contributed by atoms with Crippen molar-refractivity contribution in [1.82, 2.24) is 5.32 Å². The minimum Gasteiger partial charge on any atom is -0.306 e. The van der Waals surface area contributed by atoms with Crippen LogP contribution in [0.2, 0.25) is 5.02 Å². The van der Waals surface area contributed by atoms with Crippen molar-refractivity contribution in [1.29, 1.82) is 0 Å². The van der Waals surface area contributed by atoms with E-state index in [0.29, 0.717) is 23.7 Å². The van der Waals surface area contributed by atoms with Crippen LogP contribution < -0.4 is 15.1 Å². The zero-order chi connectivity index (χ0) is 22.9. The van der Waals surface area contributed by atoms with Gasteiger partial charge in [-0.15, -0.1) is 0 Å². The number of hydrogen-bond donors (Lipinski definition) is 1. The van der Waals surface area contributed by atoms with Crippen LogP contribution >= 0.6 is 11.6 Å². The summed E-state index contributed by atoms with van der Waals surface area (Å²) < 4.78 is 0. The number of carbonyl (C=O) groups is 3. The number of anilines is 2. The summed E-state index contributed by atoms with van der Waals surface area (Å²) in [5.41, 5.74) is 3.26. The average Bonchev–Trinajstić information content (AvgIpc) is 3.56. The van der Waals surface area contributed by atoms with E-state index >= 15 is 0 Å². The lowest BCUT2D eigenvalue weighted by Gasteiger charge is -2.36. The van der Waals surface area contributed by atoms with Gasteiger partial charge in [0.1, 0.15) is 0 Å². The Morgan fingerprint density at radius 2 is 1.66 bits per heavy atom. The first-order valence-electron chi connectivity index (χ1n) is 11.3. The Morgan fingerprint density at radius 3 is 2.31 bits per heavy atom. The molecule has 32 heavy (non-hydrogen) atoms. The van der Waals surface area contributed by atoms with Gasteiger partial charge in [-0.05, 0) is 49.4 Å². The summed E-state index contributed by atoms with van der Waals surface area (Å²) in [6, 6.07) is 13.0. The largest absolute Gasteiger partial charge is 0.328 e. The molecule has 1 aliphatic carbocycles. The summed E-state index contributed by atoms with van der Waals surface area (Å²) in [6.45, 7) is 4.30. The number of nitrogens with zero attached hydrogens (tertiary/aromatic N) is 2. The third-order valence-electron chi connectivity index (χ3n) is 6.34. The van der Waals surface area contributed by atoms with Gasteiger partial charge in [0.05, 0.1) is 10.7 Å². The number of piperidine rings is 1. The van der Waals surface area contributed by atoms with Gasteiger partial charge in [-0.1, -0.05) is 49.7 Å². The smallest absolute Gasteiger partial charge is 0.306 e. The Labute approximate surface area is 193 Å². The van der Waals surface area contributed by atoms with E-state index in [4.69, 9.17) is 11.6 Å². The van der Waals surface area contributed by atoms with Crippen LogP contribution in [0.1, 0.15) is 52.4 Å². The molecule has 7 heteroatoms. The van der Waals surface area contributed by atoms with Crippen LogP contribution in [0.3, 0.4) is 0 Å². The molecule has 2 aromatic rings. The summed E-state index contributed by atoms with van der Waals surface area (Å²) in [4.78, 5) is 39.7. The molecule has 0 aromatic heterocycles. The fraction of sp³-hybridized carbons (Fsp3) is 0.400. The lowest BCUT2D eigenvalue weighted by atomic mass is 9.97. The highest BCUT2D eigenvalue weighted by molar-refractivity contribution is 6.36. The molecule has 0 unspecified atom stereocenters. The number of nitrogens with one attached hydrogen (secondary N) is 1. The molecule has 2 aliphatic heterocycles. The highest BCUT2D eigenvalue weighted by Gasteiger charge is 2.52. The number of imide groups is 1. The van der Waals surface area contributed by atoms with Crippen LogP contribution in [-0.2, 0) is 9.59 Å². The Hall–Kier alpha value is -2.86. The van der Waals surface area contributed by atoms with Gasteiger partial charge in [-0.25, -0.2) is 4.79 Å². The molecule has 1 spiro atoms. The molecular formula is C25H28ClN3O3. The van der Waals surface area contributed by atoms with Crippen molar-refractivity contribution < 1.29 is 14.4 Å². The maximum absolute atomic E-state index is 12.6. The molecule has 2 saturated heterocycles. The average molecular weight is 454 g/mol. The maximum atomic E-state index is 12.6. The Bertz CT molecular complexity index is 1050. The van der Waals surface area contributed by atoms with Gasteiger partial charge in [-0.3, -0.25) is 19.8 Å². The Morgan fingerprint density at radius 1 is 0.938 bits per heavy atom. The molecule has 3 aliphatic rings. The lowest BCUT2D eigenvalue weighted by Crippen LogP contribution is -2.49. The normalized spacial score (nSPS) is 19.4. The van der Waals surface area contributed by atoms with Crippen LogP contribution in [0.25, 0.3) is 11.1 Å². The number of rotatable bonds is 3. The minimum absolute atomic E-state index is 0.0352. The molecule has 1 N–H and O–H groups in total. The standard InChI is InChI=1S/C23H22ClN3O3.C2H6/c24-21-17(3-1-4-18(21)26-14-10-19(28)25-22(26)30)15-6-8-16(9-7-15)27-20(29)5-2-11-23(27)12-13-23;1-2/h1,3-4,6-9H,2,5,10-14H2,(H,25,28,30);1-2H3. The SMILES string of the molecule is CC.O=C1CCN(c2cccc(-c3ccc(N4C(=O)CCCC45CC5)cc3)c2Cl)C(=O)N1. The van der Waals surface area contributed by atoms with Crippen molar-refractivity contribution in [2.75, 3.05) is 16.3 Å². The van der Waals surface area contributed by atoms with Crippen molar-refractivity contribution in [2.45, 2.75) is 57.9 Å². The first kappa shape index (κ1) is 22.3. The van der Waals surface area contributed by atoms with Crippen molar-refractivity contribution in [3.05, 3.63) is 47.5 Å². The molecule has 1 saturated carbocycles. The fourth-order valence-electron chi connectivity index (χ4n) is 4.63. The number of amides is 4. The minimum atomic E-state index is -0.459. The molecule has 6 nitrogen and oxygen atoms in total. The van der Waals surface area contributed by atoms with E-state index in [-0.39, 0.29) is 23.8 Å². The number of benzene rings is 2. The topological polar surface area (TPSA) is 69.7 Å². The van der Waals surface area contributed by atoms with Crippen molar-refractivity contribution >= 4 is 40.8 Å². The second-order valence-electron chi connectivity index (χ2n) is 8.25. The van der Waals surface area contributed by atoms with Gasteiger partial charge < -0.3 is 4.90 Å². The van der Waals surface area contributed by atoms with Crippen LogP contribution in [0.5, 0.6) is 0 Å². The molecule has 3 fully saturated rings. The first-order chi connectivity index (χ1) is 15.5. The van der Waals surface area contributed by atoms with E-state index in [9.17, 15) is 14.4 Å². The Balaban J connectivity index is 0.00000119. The monoisotopic (exact) mass is 453 g/mol. The predicted molar refractivity (Wildman–Crippen MR) is 127 cm³/mol. The molecule has 4 amide bonds. The van der Waals surface area contributed by atoms with E-state index in [1.165, 1.54) is 4.90 Å². The second-order valence-corrected chi connectivity index (χ2v) is 8.63. The van der Waals surface area contributed by atoms with E-state index in [1.807, 2.05) is 55.1 Å². The van der Waals surface area contributed by atoms with Crippen LogP contribution in [0.4, 0.5) is 16.2 Å². The van der Waals surface area contributed by atoms with Crippen LogP contribution in [0, 0.1) is 0 Å². The molecule has 5 rings (SSSR count). The zero-order valence-electron chi connectivity index (χ0n) is 18.5. The first-order valence-corrected chi connectivity index (χ1v) is 11.7. The van der Waals surface area contributed by atoms with Crippen molar-refractivity contribution in [3.63, 3.8) is 0 Å². The highest BCUT2D eigenvalue weighted by Crippen LogP contribution is 2.50. The van der Waals surface area contributed by atoms with Gasteiger partial charge in [0, 0.05) is 36.2 Å². The van der Waals surface area contributed by atoms with Crippen LogP contribution in [-0.4, -0.2) is 29.9 Å². The van der Waals surface area contributed by atoms with Crippen molar-refractivity contribution in [2.24, 2.45) is 0 Å². The molecule has 2 heterocycles. The van der Waals surface area contributed by atoms with E-state index in [0.717, 1.165) is 42.5 Å². The summed E-state index contributed by atoms with van der Waals surface area (Å²) >= 11 is 6.67. The molecule has 0 radical (unpaired) electrons. The Kier molecular flexibility index (Phi) is 6.24. The molecule has 2 aromatic carbocycles. The van der Waals surface area contributed by atoms with E-state index < -0.39 is 6.03 Å². The zero-order valence-corrected chi connectivity index (χ0v) is 19.2. The molecular weight excluding hydrogens is 426 g/mol. The van der Waals surface area contributed by atoms with Gasteiger partial charge in [-0.2, -0.15) is 0 Å². The summed E-state index contributed by atoms with van der Waals surface area (Å²) in [5.74, 6) is -0.0722. The fourth-order valence-corrected chi connectivity index (χ4v) is 4.96. The number of carbonyl (C=O) groups excluding carboxylic acids is 3. The summed E-state index contributed by atoms with van der Waals surface area (Å²) in [6.07, 6.45) is 5.06. The summed E-state index contributed by atoms with van der Waals surface area (Å²) in [5, 5.41) is 2.79. The maximum Gasteiger partial charge on any atom is 0.328 e. The van der Waals surface area contributed by atoms with E-state index in [2.05, 4.69) is 5.32 Å². The second kappa shape index (κ2) is 8.94. The van der Waals surface area contributed by atoms with E-state index in [1.54, 1.807) is 6.07 Å².